The average molecular weight is 253 g/mol. The maximum Gasteiger partial charge on any atom is 0.247 e. The van der Waals surface area contributed by atoms with Gasteiger partial charge >= 0.3 is 0 Å². The van der Waals surface area contributed by atoms with Crippen molar-refractivity contribution in [1.29, 1.82) is 0 Å². The highest BCUT2D eigenvalue weighted by molar-refractivity contribution is 5.85. The quantitative estimate of drug-likeness (QED) is 0.642. The maximum absolute atomic E-state index is 11.1. The normalized spacial score (nSPS) is 10.5. The van der Waals surface area contributed by atoms with Gasteiger partial charge in [-0.25, -0.2) is 0 Å². The standard InChI is InChI=1S/C13H11N5O/c14-13-11(9-3-1-2-6-15-9)12(17-18-13)8-4-5-10(19)16-7-8/h1-7H,(H,16,19)(H3,14,17,18). The van der Waals surface area contributed by atoms with Crippen LogP contribution in [0, 0.1) is 0 Å². The van der Waals surface area contributed by atoms with Crippen molar-refractivity contribution in [2.75, 3.05) is 5.73 Å². The second kappa shape index (κ2) is 4.41. The first-order chi connectivity index (χ1) is 9.25. The van der Waals surface area contributed by atoms with Gasteiger partial charge in [0.05, 0.1) is 17.0 Å². The molecule has 6 heteroatoms. The van der Waals surface area contributed by atoms with E-state index in [0.717, 1.165) is 22.5 Å². The molecule has 0 aromatic carbocycles. The van der Waals surface area contributed by atoms with Crippen molar-refractivity contribution in [3.8, 4) is 22.5 Å². The zero-order valence-corrected chi connectivity index (χ0v) is 9.92. The van der Waals surface area contributed by atoms with E-state index in [4.69, 9.17) is 5.73 Å². The fourth-order valence-electron chi connectivity index (χ4n) is 1.90. The second-order valence-electron chi connectivity index (χ2n) is 4.02. The molecule has 0 amide bonds. The van der Waals surface area contributed by atoms with Crippen molar-refractivity contribution in [1.82, 2.24) is 20.2 Å². The minimum Gasteiger partial charge on any atom is -0.382 e. The van der Waals surface area contributed by atoms with E-state index in [1.165, 1.54) is 6.07 Å². The van der Waals surface area contributed by atoms with E-state index in [1.54, 1.807) is 18.5 Å². The molecular formula is C13H11N5O. The van der Waals surface area contributed by atoms with Gasteiger partial charge in [0.25, 0.3) is 0 Å². The Kier molecular flexibility index (Phi) is 2.60. The van der Waals surface area contributed by atoms with E-state index in [0.29, 0.717) is 5.82 Å². The molecule has 0 aliphatic heterocycles. The van der Waals surface area contributed by atoms with Crippen molar-refractivity contribution in [2.45, 2.75) is 0 Å². The first kappa shape index (κ1) is 11.2. The zero-order chi connectivity index (χ0) is 13.2. The Morgan fingerprint density at radius 1 is 1.16 bits per heavy atom. The third-order valence-corrected chi connectivity index (χ3v) is 2.79. The molecule has 0 saturated heterocycles. The van der Waals surface area contributed by atoms with Gasteiger partial charge in [-0.05, 0) is 18.2 Å². The number of nitrogens with zero attached hydrogens (tertiary/aromatic N) is 2. The van der Waals surface area contributed by atoms with Gasteiger partial charge < -0.3 is 10.7 Å². The fourth-order valence-corrected chi connectivity index (χ4v) is 1.90. The molecular weight excluding hydrogens is 242 g/mol. The first-order valence-electron chi connectivity index (χ1n) is 5.70. The molecule has 0 unspecified atom stereocenters. The summed E-state index contributed by atoms with van der Waals surface area (Å²) < 4.78 is 0. The minimum atomic E-state index is -0.157. The molecule has 0 aliphatic carbocycles. The van der Waals surface area contributed by atoms with E-state index < -0.39 is 0 Å². The number of H-pyrrole nitrogens is 2. The lowest BCUT2D eigenvalue weighted by atomic mass is 10.1. The molecule has 6 nitrogen and oxygen atoms in total. The van der Waals surface area contributed by atoms with Gasteiger partial charge in [-0.1, -0.05) is 6.07 Å². The molecule has 0 bridgehead atoms. The number of hydrogen-bond donors (Lipinski definition) is 3. The second-order valence-corrected chi connectivity index (χ2v) is 4.02. The zero-order valence-electron chi connectivity index (χ0n) is 9.92. The molecule has 0 aliphatic rings. The van der Waals surface area contributed by atoms with Crippen molar-refractivity contribution < 1.29 is 0 Å². The molecule has 0 spiro atoms. The highest BCUT2D eigenvalue weighted by Crippen LogP contribution is 2.32. The van der Waals surface area contributed by atoms with Gasteiger partial charge in [-0.15, -0.1) is 0 Å². The number of nitrogens with two attached hydrogens (primary N) is 1. The van der Waals surface area contributed by atoms with Crippen LogP contribution in [0.2, 0.25) is 0 Å². The maximum atomic E-state index is 11.1. The van der Waals surface area contributed by atoms with Crippen molar-refractivity contribution in [3.63, 3.8) is 0 Å². The van der Waals surface area contributed by atoms with Crippen molar-refractivity contribution in [2.24, 2.45) is 0 Å². The molecule has 94 valence electrons. The van der Waals surface area contributed by atoms with Crippen molar-refractivity contribution >= 4 is 5.82 Å². The smallest absolute Gasteiger partial charge is 0.247 e. The van der Waals surface area contributed by atoms with Crippen LogP contribution in [0.25, 0.3) is 22.5 Å². The molecule has 19 heavy (non-hydrogen) atoms. The van der Waals surface area contributed by atoms with Gasteiger partial charge in [0.2, 0.25) is 5.56 Å². The third kappa shape index (κ3) is 1.99. The SMILES string of the molecule is Nc1n[nH]c(-c2ccc(=O)[nH]c2)c1-c1ccccn1. The van der Waals surface area contributed by atoms with Gasteiger partial charge in [0.15, 0.2) is 5.82 Å². The Balaban J connectivity index is 2.19. The molecule has 0 radical (unpaired) electrons. The van der Waals surface area contributed by atoms with Gasteiger partial charge in [-0.2, -0.15) is 5.10 Å². The van der Waals surface area contributed by atoms with Crippen LogP contribution >= 0.6 is 0 Å². The summed E-state index contributed by atoms with van der Waals surface area (Å²) in [5, 5.41) is 6.88. The van der Waals surface area contributed by atoms with E-state index in [-0.39, 0.29) is 5.56 Å². The van der Waals surface area contributed by atoms with Crippen LogP contribution in [0.1, 0.15) is 0 Å². The summed E-state index contributed by atoms with van der Waals surface area (Å²) in [6.07, 6.45) is 3.31. The van der Waals surface area contributed by atoms with Gasteiger partial charge in [-0.3, -0.25) is 14.9 Å². The number of nitrogens with one attached hydrogen (secondary N) is 2. The number of nitrogen functional groups attached to an aromatic ring is 1. The predicted molar refractivity (Wildman–Crippen MR) is 72.3 cm³/mol. The largest absolute Gasteiger partial charge is 0.382 e. The summed E-state index contributed by atoms with van der Waals surface area (Å²) in [6, 6.07) is 8.73. The Morgan fingerprint density at radius 2 is 2.05 bits per heavy atom. The number of aromatic amines is 2. The van der Waals surface area contributed by atoms with Crippen LogP contribution in [0.15, 0.2) is 47.5 Å². The predicted octanol–water partition coefficient (Wildman–Crippen LogP) is 1.41. The van der Waals surface area contributed by atoms with Crippen LogP contribution in [0.3, 0.4) is 0 Å². The monoisotopic (exact) mass is 253 g/mol. The number of rotatable bonds is 2. The fraction of sp³-hybridized carbons (Fsp3) is 0. The highest BCUT2D eigenvalue weighted by Gasteiger charge is 2.15. The van der Waals surface area contributed by atoms with Gasteiger partial charge in [0.1, 0.15) is 0 Å². The van der Waals surface area contributed by atoms with E-state index in [9.17, 15) is 4.79 Å². The topological polar surface area (TPSA) is 100 Å². The van der Waals surface area contributed by atoms with E-state index in [2.05, 4.69) is 20.2 Å². The summed E-state index contributed by atoms with van der Waals surface area (Å²) >= 11 is 0. The Hall–Kier alpha value is -2.89. The van der Waals surface area contributed by atoms with Crippen molar-refractivity contribution in [3.05, 3.63) is 53.1 Å². The summed E-state index contributed by atoms with van der Waals surface area (Å²) in [6.45, 7) is 0. The van der Waals surface area contributed by atoms with E-state index in [1.807, 2.05) is 18.2 Å². The number of anilines is 1. The molecule has 3 heterocycles. The lowest BCUT2D eigenvalue weighted by molar-refractivity contribution is 1.10. The highest BCUT2D eigenvalue weighted by atomic mass is 16.1. The number of aromatic nitrogens is 4. The molecule has 3 aromatic heterocycles. The average Bonchev–Trinajstić information content (AvgIpc) is 2.82. The molecule has 0 saturated carbocycles. The molecule has 0 atom stereocenters. The lowest BCUT2D eigenvalue weighted by Crippen LogP contribution is -2.01. The molecule has 4 N–H and O–H groups in total. The minimum absolute atomic E-state index is 0.157. The van der Waals surface area contributed by atoms with Crippen LogP contribution in [0.4, 0.5) is 5.82 Å². The first-order valence-corrected chi connectivity index (χ1v) is 5.70. The van der Waals surface area contributed by atoms with Crippen LogP contribution in [0.5, 0.6) is 0 Å². The summed E-state index contributed by atoms with van der Waals surface area (Å²) in [5.41, 5.74) is 8.72. The Morgan fingerprint density at radius 3 is 2.74 bits per heavy atom. The number of pyridine rings is 2. The summed E-state index contributed by atoms with van der Waals surface area (Å²) in [7, 11) is 0. The lowest BCUT2D eigenvalue weighted by Gasteiger charge is -2.03. The molecule has 3 rings (SSSR count). The molecule has 3 aromatic rings. The Bertz CT molecular complexity index is 740. The third-order valence-electron chi connectivity index (χ3n) is 2.79. The van der Waals surface area contributed by atoms with Gasteiger partial charge in [0, 0.05) is 24.0 Å². The number of hydrogen-bond acceptors (Lipinski definition) is 4. The van der Waals surface area contributed by atoms with E-state index >= 15 is 0 Å². The van der Waals surface area contributed by atoms with Crippen LogP contribution in [-0.4, -0.2) is 20.2 Å². The van der Waals surface area contributed by atoms with Crippen LogP contribution < -0.4 is 11.3 Å². The molecule has 0 fully saturated rings. The Labute approximate surface area is 108 Å². The summed E-state index contributed by atoms with van der Waals surface area (Å²) in [4.78, 5) is 18.0. The summed E-state index contributed by atoms with van der Waals surface area (Å²) in [5.74, 6) is 0.375. The van der Waals surface area contributed by atoms with Crippen LogP contribution in [-0.2, 0) is 0 Å².